The summed E-state index contributed by atoms with van der Waals surface area (Å²) in [5.41, 5.74) is 1.01. The highest BCUT2D eigenvalue weighted by Gasteiger charge is 2.28. The number of aliphatic imine (C=N–C) groups is 1. The summed E-state index contributed by atoms with van der Waals surface area (Å²) in [7, 11) is 1.45. The molecule has 0 saturated heterocycles. The average molecular weight is 490 g/mol. The molecule has 0 aliphatic heterocycles. The standard InChI is InChI=1S/C17H26F4N4.HI/c1-3-22-16(23-10-4-12-25(2)13-17(19,20)21)24-11-9-14-5-7-15(18)8-6-14;/h5-8H,3-4,9-13H2,1-2H3,(H2,22,23,24);1H. The molecule has 1 aromatic carbocycles. The molecule has 0 aliphatic rings. The summed E-state index contributed by atoms with van der Waals surface area (Å²) >= 11 is 0. The second-order valence-electron chi connectivity index (χ2n) is 5.77. The van der Waals surface area contributed by atoms with E-state index in [2.05, 4.69) is 15.6 Å². The Kier molecular flexibility index (Phi) is 12.6. The minimum absolute atomic E-state index is 0. The van der Waals surface area contributed by atoms with Crippen molar-refractivity contribution in [1.82, 2.24) is 15.5 Å². The Balaban J connectivity index is 0.00000625. The Morgan fingerprint density at radius 2 is 1.81 bits per heavy atom. The first kappa shape index (κ1) is 24.9. The van der Waals surface area contributed by atoms with E-state index in [1.165, 1.54) is 24.1 Å². The summed E-state index contributed by atoms with van der Waals surface area (Å²) in [5.74, 6) is 0.366. The number of rotatable bonds is 9. The number of benzene rings is 1. The third kappa shape index (κ3) is 12.3. The Morgan fingerprint density at radius 1 is 1.15 bits per heavy atom. The molecule has 0 aliphatic carbocycles. The quantitative estimate of drug-likeness (QED) is 0.183. The molecule has 1 rings (SSSR count). The van der Waals surface area contributed by atoms with Crippen molar-refractivity contribution in [2.45, 2.75) is 25.9 Å². The van der Waals surface area contributed by atoms with Crippen molar-refractivity contribution in [2.24, 2.45) is 4.99 Å². The molecule has 150 valence electrons. The summed E-state index contributed by atoms with van der Waals surface area (Å²) in [5, 5.41) is 6.25. The maximum atomic E-state index is 12.8. The van der Waals surface area contributed by atoms with Crippen molar-refractivity contribution in [3.05, 3.63) is 35.6 Å². The fourth-order valence-corrected chi connectivity index (χ4v) is 2.23. The molecule has 0 amide bonds. The Bertz CT molecular complexity index is 520. The molecular formula is C17H27F4IN4. The highest BCUT2D eigenvalue weighted by molar-refractivity contribution is 14.0. The van der Waals surface area contributed by atoms with Gasteiger partial charge in [-0.3, -0.25) is 9.89 Å². The van der Waals surface area contributed by atoms with E-state index in [0.29, 0.717) is 38.6 Å². The number of hydrogen-bond donors (Lipinski definition) is 2. The van der Waals surface area contributed by atoms with Gasteiger partial charge in [-0.1, -0.05) is 12.1 Å². The lowest BCUT2D eigenvalue weighted by molar-refractivity contribution is -0.143. The van der Waals surface area contributed by atoms with E-state index in [4.69, 9.17) is 0 Å². The smallest absolute Gasteiger partial charge is 0.357 e. The van der Waals surface area contributed by atoms with Crippen molar-refractivity contribution in [1.29, 1.82) is 0 Å². The van der Waals surface area contributed by atoms with Crippen LogP contribution >= 0.6 is 24.0 Å². The highest BCUT2D eigenvalue weighted by atomic mass is 127. The van der Waals surface area contributed by atoms with E-state index >= 15 is 0 Å². The van der Waals surface area contributed by atoms with Gasteiger partial charge in [0.05, 0.1) is 6.54 Å². The van der Waals surface area contributed by atoms with Crippen molar-refractivity contribution in [2.75, 3.05) is 39.8 Å². The first-order valence-corrected chi connectivity index (χ1v) is 8.32. The first-order valence-electron chi connectivity index (χ1n) is 8.32. The zero-order valence-electron chi connectivity index (χ0n) is 15.1. The molecule has 4 nitrogen and oxygen atoms in total. The molecule has 26 heavy (non-hydrogen) atoms. The van der Waals surface area contributed by atoms with E-state index in [1.807, 2.05) is 6.92 Å². The number of nitrogens with zero attached hydrogens (tertiary/aromatic N) is 2. The lowest BCUT2D eigenvalue weighted by atomic mass is 10.1. The van der Waals surface area contributed by atoms with Gasteiger partial charge in [-0.05, 0) is 51.1 Å². The first-order chi connectivity index (χ1) is 11.8. The van der Waals surface area contributed by atoms with Crippen LogP contribution in [-0.4, -0.2) is 56.8 Å². The predicted octanol–water partition coefficient (Wildman–Crippen LogP) is 3.43. The minimum Gasteiger partial charge on any atom is -0.357 e. The van der Waals surface area contributed by atoms with Crippen LogP contribution in [0.5, 0.6) is 0 Å². The molecule has 0 heterocycles. The lowest BCUT2D eigenvalue weighted by Gasteiger charge is -2.18. The molecule has 1 aromatic rings. The molecule has 0 aromatic heterocycles. The van der Waals surface area contributed by atoms with Crippen molar-refractivity contribution in [3.63, 3.8) is 0 Å². The van der Waals surface area contributed by atoms with Gasteiger partial charge in [0.25, 0.3) is 0 Å². The Morgan fingerprint density at radius 3 is 2.38 bits per heavy atom. The summed E-state index contributed by atoms with van der Waals surface area (Å²) in [4.78, 5) is 5.59. The number of halogens is 5. The largest absolute Gasteiger partial charge is 0.401 e. The van der Waals surface area contributed by atoms with E-state index < -0.39 is 12.7 Å². The fourth-order valence-electron chi connectivity index (χ4n) is 2.23. The van der Waals surface area contributed by atoms with Gasteiger partial charge in [0.15, 0.2) is 5.96 Å². The number of hydrogen-bond acceptors (Lipinski definition) is 2. The zero-order chi connectivity index (χ0) is 18.7. The van der Waals surface area contributed by atoms with Gasteiger partial charge in [-0.2, -0.15) is 13.2 Å². The Labute approximate surface area is 169 Å². The van der Waals surface area contributed by atoms with Crippen LogP contribution in [0.2, 0.25) is 0 Å². The summed E-state index contributed by atoms with van der Waals surface area (Å²) in [6, 6.07) is 6.31. The van der Waals surface area contributed by atoms with Crippen LogP contribution in [0.1, 0.15) is 18.9 Å². The van der Waals surface area contributed by atoms with Gasteiger partial charge >= 0.3 is 6.18 Å². The maximum Gasteiger partial charge on any atom is 0.401 e. The van der Waals surface area contributed by atoms with Gasteiger partial charge in [0.2, 0.25) is 0 Å². The van der Waals surface area contributed by atoms with E-state index in [0.717, 1.165) is 12.0 Å². The van der Waals surface area contributed by atoms with Crippen LogP contribution < -0.4 is 10.6 Å². The molecule has 0 saturated carbocycles. The summed E-state index contributed by atoms with van der Waals surface area (Å²) in [6.45, 7) is 3.12. The fraction of sp³-hybridized carbons (Fsp3) is 0.588. The second-order valence-corrected chi connectivity index (χ2v) is 5.77. The van der Waals surface area contributed by atoms with Gasteiger partial charge in [-0.15, -0.1) is 24.0 Å². The molecular weight excluding hydrogens is 463 g/mol. The third-order valence-corrected chi connectivity index (χ3v) is 3.38. The van der Waals surface area contributed by atoms with Gasteiger partial charge in [-0.25, -0.2) is 4.39 Å². The van der Waals surface area contributed by atoms with E-state index in [-0.39, 0.29) is 29.8 Å². The highest BCUT2D eigenvalue weighted by Crippen LogP contribution is 2.15. The van der Waals surface area contributed by atoms with E-state index in [1.54, 1.807) is 12.1 Å². The number of alkyl halides is 3. The second kappa shape index (κ2) is 13.1. The van der Waals surface area contributed by atoms with E-state index in [9.17, 15) is 17.6 Å². The van der Waals surface area contributed by atoms with Gasteiger partial charge < -0.3 is 10.6 Å². The molecule has 0 bridgehead atoms. The van der Waals surface area contributed by atoms with Crippen molar-refractivity contribution in [3.8, 4) is 0 Å². The summed E-state index contributed by atoms with van der Waals surface area (Å²) in [6.07, 6.45) is -2.91. The maximum absolute atomic E-state index is 12.8. The molecule has 0 spiro atoms. The topological polar surface area (TPSA) is 39.7 Å². The van der Waals surface area contributed by atoms with Gasteiger partial charge in [0, 0.05) is 19.6 Å². The third-order valence-electron chi connectivity index (χ3n) is 3.38. The molecule has 0 fully saturated rings. The van der Waals surface area contributed by atoms with Crippen LogP contribution in [0.25, 0.3) is 0 Å². The van der Waals surface area contributed by atoms with Gasteiger partial charge in [0.1, 0.15) is 5.82 Å². The van der Waals surface area contributed by atoms with Crippen LogP contribution in [-0.2, 0) is 6.42 Å². The monoisotopic (exact) mass is 490 g/mol. The minimum atomic E-state index is -4.17. The Hall–Kier alpha value is -1.10. The summed E-state index contributed by atoms with van der Waals surface area (Å²) < 4.78 is 49.6. The SMILES string of the molecule is CCNC(=NCCCN(C)CC(F)(F)F)NCCc1ccc(F)cc1.I. The molecule has 2 N–H and O–H groups in total. The zero-order valence-corrected chi connectivity index (χ0v) is 17.4. The molecule has 0 radical (unpaired) electrons. The molecule has 0 atom stereocenters. The number of nitrogens with one attached hydrogen (secondary N) is 2. The van der Waals surface area contributed by atoms with Crippen LogP contribution in [0, 0.1) is 5.82 Å². The molecule has 9 heteroatoms. The van der Waals surface area contributed by atoms with Crippen LogP contribution in [0.15, 0.2) is 29.3 Å². The molecule has 0 unspecified atom stereocenters. The normalized spacial score (nSPS) is 12.0. The van der Waals surface area contributed by atoms with Crippen molar-refractivity contribution >= 4 is 29.9 Å². The number of guanidine groups is 1. The van der Waals surface area contributed by atoms with Crippen molar-refractivity contribution < 1.29 is 17.6 Å². The van der Waals surface area contributed by atoms with Crippen LogP contribution in [0.4, 0.5) is 17.6 Å². The average Bonchev–Trinajstić information content (AvgIpc) is 2.51. The lowest BCUT2D eigenvalue weighted by Crippen LogP contribution is -2.38. The van der Waals surface area contributed by atoms with Crippen LogP contribution in [0.3, 0.4) is 0 Å². The predicted molar refractivity (Wildman–Crippen MR) is 108 cm³/mol.